The van der Waals surface area contributed by atoms with Gasteiger partial charge in [-0.25, -0.2) is 0 Å². The third kappa shape index (κ3) is 8.40. The molecule has 0 saturated heterocycles. The van der Waals surface area contributed by atoms with Gasteiger partial charge in [-0.3, -0.25) is 0 Å². The Hall–Kier alpha value is -0.200. The summed E-state index contributed by atoms with van der Waals surface area (Å²) in [5.41, 5.74) is 0. The maximum absolute atomic E-state index is 8.55. The first-order chi connectivity index (χ1) is 6.85. The maximum Gasteiger partial charge on any atom is 0.0638 e. The minimum atomic E-state index is 0.403. The van der Waals surface area contributed by atoms with Crippen LogP contribution in [0.5, 0.6) is 0 Å². The smallest absolute Gasteiger partial charge is 0.0638 e. The van der Waals surface area contributed by atoms with Crippen molar-refractivity contribution in [2.24, 2.45) is 0 Å². The second-order valence-corrected chi connectivity index (χ2v) is 4.46. The van der Waals surface area contributed by atoms with Crippen LogP contribution in [0.1, 0.15) is 39.0 Å². The number of nitrogens with zero attached hydrogens (tertiary/aromatic N) is 1. The Morgan fingerprint density at radius 2 is 2.14 bits per heavy atom. The van der Waals surface area contributed by atoms with E-state index in [2.05, 4.69) is 24.6 Å². The summed E-state index contributed by atoms with van der Waals surface area (Å²) >= 11 is 1.92. The molecule has 3 heteroatoms. The summed E-state index contributed by atoms with van der Waals surface area (Å²) < 4.78 is 0. The van der Waals surface area contributed by atoms with E-state index in [0.717, 1.165) is 13.0 Å². The number of rotatable bonds is 9. The average molecular weight is 214 g/mol. The molecule has 0 bridgehead atoms. The van der Waals surface area contributed by atoms with Crippen molar-refractivity contribution in [3.05, 3.63) is 0 Å². The molecule has 14 heavy (non-hydrogen) atoms. The van der Waals surface area contributed by atoms with E-state index in [0.29, 0.717) is 12.5 Å². The largest absolute Gasteiger partial charge is 0.313 e. The van der Waals surface area contributed by atoms with Gasteiger partial charge in [-0.05, 0) is 37.8 Å². The lowest BCUT2D eigenvalue weighted by atomic mass is 10.1. The minimum absolute atomic E-state index is 0.403. The van der Waals surface area contributed by atoms with Gasteiger partial charge in [0.2, 0.25) is 0 Å². The number of thioether (sulfide) groups is 1. The molecule has 1 unspecified atom stereocenters. The molecule has 0 aliphatic rings. The average Bonchev–Trinajstić information content (AvgIpc) is 2.21. The SMILES string of the molecule is CCC(CC#N)NCCCCCSC. The summed E-state index contributed by atoms with van der Waals surface area (Å²) in [7, 11) is 0. The fourth-order valence-electron chi connectivity index (χ4n) is 1.33. The van der Waals surface area contributed by atoms with Crippen molar-refractivity contribution in [2.45, 2.75) is 45.1 Å². The topological polar surface area (TPSA) is 35.8 Å². The van der Waals surface area contributed by atoms with Gasteiger partial charge in [-0.2, -0.15) is 17.0 Å². The van der Waals surface area contributed by atoms with Crippen molar-refractivity contribution in [3.63, 3.8) is 0 Å². The molecule has 0 fully saturated rings. The molecule has 82 valence electrons. The summed E-state index contributed by atoms with van der Waals surface area (Å²) in [6.45, 7) is 3.19. The quantitative estimate of drug-likeness (QED) is 0.600. The Kier molecular flexibility index (Phi) is 10.7. The van der Waals surface area contributed by atoms with Gasteiger partial charge in [-0.15, -0.1) is 0 Å². The molecular formula is C11H22N2S. The van der Waals surface area contributed by atoms with Crippen LogP contribution >= 0.6 is 11.8 Å². The standard InChI is InChI=1S/C11H22N2S/c1-3-11(7-8-12)13-9-5-4-6-10-14-2/h11,13H,3-7,9-10H2,1-2H3. The molecule has 0 aliphatic carbocycles. The van der Waals surface area contributed by atoms with E-state index in [9.17, 15) is 0 Å². The molecule has 0 spiro atoms. The molecule has 1 atom stereocenters. The number of unbranched alkanes of at least 4 members (excludes halogenated alkanes) is 2. The Bertz CT molecular complexity index is 154. The van der Waals surface area contributed by atoms with Gasteiger partial charge in [0.05, 0.1) is 12.5 Å². The van der Waals surface area contributed by atoms with Crippen LogP contribution in [0.4, 0.5) is 0 Å². The van der Waals surface area contributed by atoms with Gasteiger partial charge in [0.15, 0.2) is 0 Å². The predicted octanol–water partition coefficient (Wildman–Crippen LogP) is 2.80. The molecule has 0 aromatic heterocycles. The van der Waals surface area contributed by atoms with Gasteiger partial charge in [0.25, 0.3) is 0 Å². The highest BCUT2D eigenvalue weighted by molar-refractivity contribution is 7.98. The van der Waals surface area contributed by atoms with E-state index in [1.807, 2.05) is 11.8 Å². The second kappa shape index (κ2) is 10.9. The summed E-state index contributed by atoms with van der Waals surface area (Å²) in [5.74, 6) is 1.27. The number of hydrogen-bond acceptors (Lipinski definition) is 3. The first kappa shape index (κ1) is 13.8. The molecule has 0 rings (SSSR count). The van der Waals surface area contributed by atoms with E-state index in [-0.39, 0.29) is 0 Å². The molecular weight excluding hydrogens is 192 g/mol. The van der Waals surface area contributed by atoms with Crippen LogP contribution in [-0.2, 0) is 0 Å². The number of nitriles is 1. The van der Waals surface area contributed by atoms with Crippen molar-refractivity contribution in [2.75, 3.05) is 18.6 Å². The van der Waals surface area contributed by atoms with Gasteiger partial charge in [-0.1, -0.05) is 13.3 Å². The van der Waals surface area contributed by atoms with Crippen LogP contribution in [-0.4, -0.2) is 24.6 Å². The highest BCUT2D eigenvalue weighted by atomic mass is 32.2. The van der Waals surface area contributed by atoms with Crippen LogP contribution in [0, 0.1) is 11.3 Å². The number of hydrogen-bond donors (Lipinski definition) is 1. The van der Waals surface area contributed by atoms with Gasteiger partial charge < -0.3 is 5.32 Å². The zero-order chi connectivity index (χ0) is 10.6. The molecule has 0 amide bonds. The third-order valence-electron chi connectivity index (χ3n) is 2.29. The highest BCUT2D eigenvalue weighted by Crippen LogP contribution is 2.02. The lowest BCUT2D eigenvalue weighted by molar-refractivity contribution is 0.491. The molecule has 0 aromatic carbocycles. The molecule has 2 nitrogen and oxygen atoms in total. The summed E-state index contributed by atoms with van der Waals surface area (Å²) in [4.78, 5) is 0. The molecule has 0 aromatic rings. The number of nitrogens with one attached hydrogen (secondary N) is 1. The summed E-state index contributed by atoms with van der Waals surface area (Å²) in [5, 5.41) is 12.0. The second-order valence-electron chi connectivity index (χ2n) is 3.47. The van der Waals surface area contributed by atoms with Gasteiger partial charge in [0, 0.05) is 6.04 Å². The van der Waals surface area contributed by atoms with Gasteiger partial charge in [0.1, 0.15) is 0 Å². The molecule has 0 aliphatic heterocycles. The Labute approximate surface area is 92.5 Å². The lowest BCUT2D eigenvalue weighted by Gasteiger charge is -2.12. The normalized spacial score (nSPS) is 12.4. The molecule has 0 saturated carbocycles. The Morgan fingerprint density at radius 1 is 1.36 bits per heavy atom. The van der Waals surface area contributed by atoms with Crippen molar-refractivity contribution in [3.8, 4) is 6.07 Å². The van der Waals surface area contributed by atoms with Crippen molar-refractivity contribution in [1.82, 2.24) is 5.32 Å². The molecule has 1 N–H and O–H groups in total. The van der Waals surface area contributed by atoms with Crippen LogP contribution in [0.2, 0.25) is 0 Å². The van der Waals surface area contributed by atoms with E-state index in [1.54, 1.807) is 0 Å². The van der Waals surface area contributed by atoms with E-state index >= 15 is 0 Å². The fourth-order valence-corrected chi connectivity index (χ4v) is 1.82. The zero-order valence-electron chi connectivity index (χ0n) is 9.38. The van der Waals surface area contributed by atoms with Crippen LogP contribution in [0.15, 0.2) is 0 Å². The summed E-state index contributed by atoms with van der Waals surface area (Å²) in [6.07, 6.45) is 7.70. The van der Waals surface area contributed by atoms with E-state index in [4.69, 9.17) is 5.26 Å². The van der Waals surface area contributed by atoms with E-state index in [1.165, 1.54) is 25.0 Å². The predicted molar refractivity (Wildman–Crippen MR) is 64.5 cm³/mol. The first-order valence-electron chi connectivity index (χ1n) is 5.44. The van der Waals surface area contributed by atoms with E-state index < -0.39 is 0 Å². The zero-order valence-corrected chi connectivity index (χ0v) is 10.2. The van der Waals surface area contributed by atoms with Crippen LogP contribution in [0.3, 0.4) is 0 Å². The highest BCUT2D eigenvalue weighted by Gasteiger charge is 2.02. The van der Waals surface area contributed by atoms with Crippen LogP contribution in [0.25, 0.3) is 0 Å². The monoisotopic (exact) mass is 214 g/mol. The van der Waals surface area contributed by atoms with Crippen LogP contribution < -0.4 is 5.32 Å². The minimum Gasteiger partial charge on any atom is -0.313 e. The Morgan fingerprint density at radius 3 is 2.71 bits per heavy atom. The fraction of sp³-hybridized carbons (Fsp3) is 0.909. The summed E-state index contributed by atoms with van der Waals surface area (Å²) in [6, 6.07) is 2.62. The van der Waals surface area contributed by atoms with Crippen molar-refractivity contribution >= 4 is 11.8 Å². The maximum atomic E-state index is 8.55. The third-order valence-corrected chi connectivity index (χ3v) is 2.99. The van der Waals surface area contributed by atoms with Crippen molar-refractivity contribution in [1.29, 1.82) is 5.26 Å². The molecule has 0 heterocycles. The van der Waals surface area contributed by atoms with Crippen molar-refractivity contribution < 1.29 is 0 Å². The first-order valence-corrected chi connectivity index (χ1v) is 6.83. The molecule has 0 radical (unpaired) electrons. The Balaban J connectivity index is 3.21. The lowest BCUT2D eigenvalue weighted by Crippen LogP contribution is -2.28. The van der Waals surface area contributed by atoms with Gasteiger partial charge >= 0.3 is 0 Å².